The maximum atomic E-state index is 15.5. The number of aromatic amines is 2. The summed E-state index contributed by atoms with van der Waals surface area (Å²) < 4.78 is 223. The molecular weight excluding hydrogens is 845 g/mol. The fourth-order valence-corrected chi connectivity index (χ4v) is 6.19. The van der Waals surface area contributed by atoms with Crippen LogP contribution in [-0.4, -0.2) is 22.2 Å². The molecule has 0 unspecified atom stereocenters. The average molecular weight is 871 g/mol. The molecule has 2 aliphatic heterocycles. The van der Waals surface area contributed by atoms with Crippen LogP contribution in [0.25, 0.3) is 22.4 Å². The first-order valence-corrected chi connectivity index (χ1v) is 17.6. The molecule has 0 saturated carbocycles. The van der Waals surface area contributed by atoms with Gasteiger partial charge in [-0.05, 0) is 36.4 Å². The summed E-state index contributed by atoms with van der Waals surface area (Å²) in [6.07, 6.45) is 7.96. The topological polar surface area (TPSA) is 56.0 Å². The Morgan fingerprint density at radius 1 is 0.492 bits per heavy atom. The monoisotopic (exact) mass is 870 g/mol. The summed E-state index contributed by atoms with van der Waals surface area (Å²) in [7, 11) is 0. The second-order valence-electron chi connectivity index (χ2n) is 11.9. The molecule has 2 aliphatic rings. The summed E-state index contributed by atoms with van der Waals surface area (Å²) in [5.41, 5.74) is -10.1. The fourth-order valence-electron chi connectivity index (χ4n) is 6.19. The van der Waals surface area contributed by atoms with Crippen molar-refractivity contribution >= 4 is 28.1 Å². The third kappa shape index (κ3) is 7.50. The van der Waals surface area contributed by atoms with E-state index in [9.17, 15) is 39.5 Å². The van der Waals surface area contributed by atoms with Gasteiger partial charge in [-0.25, -0.2) is 70.8 Å². The van der Waals surface area contributed by atoms with E-state index in [-0.39, 0.29) is 11.4 Å². The second kappa shape index (κ2) is 17.8. The van der Waals surface area contributed by atoms with Gasteiger partial charge in [0, 0.05) is 45.7 Å². The molecule has 0 aliphatic carbocycles. The van der Waals surface area contributed by atoms with Crippen LogP contribution in [0.1, 0.15) is 55.8 Å². The van der Waals surface area contributed by atoms with Gasteiger partial charge in [-0.1, -0.05) is 33.6 Å². The minimum atomic E-state index is -2.61. The van der Waals surface area contributed by atoms with Gasteiger partial charge in [0.1, 0.15) is 0 Å². The molecule has 0 fully saturated rings. The molecule has 4 nitrogen and oxygen atoms in total. The van der Waals surface area contributed by atoms with Gasteiger partial charge in [0.05, 0.1) is 39.5 Å². The van der Waals surface area contributed by atoms with E-state index in [1.54, 1.807) is 0 Å². The summed E-state index contributed by atoms with van der Waals surface area (Å²) in [4.78, 5) is 9.00. The molecule has 0 radical (unpaired) electrons. The average Bonchev–Trinajstić information content (AvgIpc) is 4.07. The van der Waals surface area contributed by atoms with Crippen LogP contribution in [0.2, 0.25) is 0 Å². The van der Waals surface area contributed by atoms with Gasteiger partial charge in [0.2, 0.25) is 17.5 Å². The number of hydrogen-bond acceptors (Lipinski definition) is 2. The van der Waals surface area contributed by atoms with Crippen LogP contribution in [0, 0.1) is 99.6 Å². The Hall–Kier alpha value is -6.84. The van der Waals surface area contributed by atoms with Gasteiger partial charge in [0.15, 0.2) is 69.8 Å². The Morgan fingerprint density at radius 2 is 0.885 bits per heavy atom. The molecule has 7 rings (SSSR count). The molecule has 4 heterocycles. The van der Waals surface area contributed by atoms with E-state index in [0.717, 1.165) is 42.5 Å². The fraction of sp³-hybridized carbons (Fsp3) is 0.119. The van der Waals surface area contributed by atoms with Gasteiger partial charge >= 0.3 is 0 Å². The summed E-state index contributed by atoms with van der Waals surface area (Å²) >= 11 is 0. The number of terminal acetylenes is 1. The molecule has 0 saturated heterocycles. The van der Waals surface area contributed by atoms with Crippen molar-refractivity contribution < 1.29 is 65.9 Å². The van der Waals surface area contributed by atoms with Gasteiger partial charge in [0.25, 0.3) is 0 Å². The molecule has 61 heavy (non-hydrogen) atoms. The van der Waals surface area contributed by atoms with Gasteiger partial charge in [-0.2, -0.15) is 0 Å². The first kappa shape index (κ1) is 45.2. The first-order chi connectivity index (χ1) is 29.0. The van der Waals surface area contributed by atoms with Gasteiger partial charge < -0.3 is 15.3 Å². The van der Waals surface area contributed by atoms with Crippen LogP contribution in [0.15, 0.2) is 53.2 Å². The van der Waals surface area contributed by atoms with Crippen molar-refractivity contribution in [3.8, 4) is 12.3 Å². The summed E-state index contributed by atoms with van der Waals surface area (Å²) in [5, 5.41) is 1.23. The molecule has 318 valence electrons. The Labute approximate surface area is 334 Å². The standard InChI is InChI=1S/C38H13F15N4.2C2H6/c1-2-3-13-14-5-7-16(56-14)21(23-28(43)34(49)38(53)35(50)29(23)44)18-9-8-17(57-18)20(22-26(41)32(47)37(52)33(48)27(22)42)15-6-4-12(55-15)11(10-54-13)19-24(39)30(45)36(51)31(46)25(19)40;2*1-2/h1,3-9,54,56-57H,10H2;2*1-2H3/b12-11+,13-3-,20-17+,21-18+;;. The molecule has 0 amide bonds. The number of halogens is 15. The molecule has 3 N–H and O–H groups in total. The summed E-state index contributed by atoms with van der Waals surface area (Å²) in [5.74, 6) is -34.7. The van der Waals surface area contributed by atoms with E-state index in [1.165, 1.54) is 0 Å². The lowest BCUT2D eigenvalue weighted by Gasteiger charge is -2.16. The zero-order chi connectivity index (χ0) is 45.4. The maximum Gasteiger partial charge on any atom is 0.200 e. The van der Waals surface area contributed by atoms with Crippen LogP contribution in [-0.2, 0) is 0 Å². The number of H-pyrrole nitrogens is 2. The molecule has 0 spiro atoms. The Morgan fingerprint density at radius 3 is 1.34 bits per heavy atom. The molecule has 19 heteroatoms. The zero-order valence-electron chi connectivity index (χ0n) is 31.4. The van der Waals surface area contributed by atoms with Crippen molar-refractivity contribution in [1.29, 1.82) is 0 Å². The predicted molar refractivity (Wildman–Crippen MR) is 195 cm³/mol. The normalized spacial score (nSPS) is 17.1. The highest BCUT2D eigenvalue weighted by atomic mass is 19.2. The van der Waals surface area contributed by atoms with Crippen LogP contribution in [0.3, 0.4) is 0 Å². The number of allylic oxidation sites excluding steroid dienone is 3. The molecule has 0 atom stereocenters. The first-order valence-electron chi connectivity index (χ1n) is 17.6. The molecule has 3 aromatic carbocycles. The predicted octanol–water partition coefficient (Wildman–Crippen LogP) is 9.93. The quantitative estimate of drug-likeness (QED) is 0.0720. The van der Waals surface area contributed by atoms with E-state index in [2.05, 4.69) is 26.2 Å². The number of nitrogens with one attached hydrogen (secondary N) is 3. The lowest BCUT2D eigenvalue weighted by molar-refractivity contribution is 0.376. The highest BCUT2D eigenvalue weighted by Gasteiger charge is 2.34. The highest BCUT2D eigenvalue weighted by molar-refractivity contribution is 6.30. The number of hydrogen-bond donors (Lipinski definition) is 3. The lowest BCUT2D eigenvalue weighted by atomic mass is 9.98. The summed E-state index contributed by atoms with van der Waals surface area (Å²) in [6.45, 7) is 7.02. The van der Waals surface area contributed by atoms with Gasteiger partial charge in [-0.15, -0.1) is 6.42 Å². The van der Waals surface area contributed by atoms with E-state index in [1.807, 2.05) is 27.7 Å². The minimum Gasteiger partial charge on any atom is -0.379 e. The number of benzene rings is 3. The largest absolute Gasteiger partial charge is 0.379 e. The SMILES string of the molecule is C#C/C=C1\NC/C(c2c(F)c(F)c(F)c(F)c2F)=C2/C=CC(=N2)/C(c2c(F)c(F)c(F)c(F)c2F)=c2/cc/c([nH]2)=C(\c2c(F)c(F)c(F)c(F)c2F)c2ccc1[nH]2.CC.CC. The van der Waals surface area contributed by atoms with Crippen molar-refractivity contribution in [1.82, 2.24) is 15.3 Å². The smallest absolute Gasteiger partial charge is 0.200 e. The number of nitrogens with zero attached hydrogens (tertiary/aromatic N) is 1. The Bertz CT molecular complexity index is 2840. The lowest BCUT2D eigenvalue weighted by Crippen LogP contribution is -2.22. The van der Waals surface area contributed by atoms with Crippen molar-refractivity contribution in [2.75, 3.05) is 6.54 Å². The van der Waals surface area contributed by atoms with Crippen molar-refractivity contribution in [2.45, 2.75) is 27.7 Å². The number of aromatic nitrogens is 2. The third-order valence-electron chi connectivity index (χ3n) is 8.79. The van der Waals surface area contributed by atoms with Crippen LogP contribution in [0.5, 0.6) is 0 Å². The minimum absolute atomic E-state index is 0.187. The van der Waals surface area contributed by atoms with E-state index < -0.39 is 155 Å². The van der Waals surface area contributed by atoms with Crippen LogP contribution >= 0.6 is 0 Å². The Balaban J connectivity index is 0.00000171. The molecule has 2 aromatic heterocycles. The zero-order valence-corrected chi connectivity index (χ0v) is 31.4. The van der Waals surface area contributed by atoms with E-state index in [0.29, 0.717) is 0 Å². The number of fused-ring (bicyclic) bond motifs is 5. The number of aliphatic imine (C=N–C) groups is 1. The molecule has 6 bridgehead atoms. The van der Waals surface area contributed by atoms with Crippen molar-refractivity contribution in [3.63, 3.8) is 0 Å². The van der Waals surface area contributed by atoms with Crippen LogP contribution in [0.4, 0.5) is 65.9 Å². The van der Waals surface area contributed by atoms with Gasteiger partial charge in [-0.3, -0.25) is 0 Å². The van der Waals surface area contributed by atoms with Crippen LogP contribution < -0.4 is 16.0 Å². The highest BCUT2D eigenvalue weighted by Crippen LogP contribution is 2.36. The Kier molecular flexibility index (Phi) is 13.2. The molecular formula is C42H25F15N4. The number of rotatable bonds is 3. The van der Waals surface area contributed by atoms with E-state index in [4.69, 9.17) is 6.42 Å². The van der Waals surface area contributed by atoms with E-state index >= 15 is 26.3 Å². The molecule has 5 aromatic rings. The van der Waals surface area contributed by atoms with Crippen molar-refractivity contribution in [2.24, 2.45) is 4.99 Å². The summed E-state index contributed by atoms with van der Waals surface area (Å²) in [6, 6.07) is 3.79. The third-order valence-corrected chi connectivity index (χ3v) is 8.79. The maximum absolute atomic E-state index is 15.5. The second-order valence-corrected chi connectivity index (χ2v) is 11.9. The van der Waals surface area contributed by atoms with Crippen molar-refractivity contribution in [3.05, 3.63) is 174 Å².